The highest BCUT2D eigenvalue weighted by Gasteiger charge is 2.43. The molecule has 0 bridgehead atoms. The number of hydrogen-bond donors (Lipinski definition) is 2. The SMILES string of the molecule is CC1=C2C[C@H]([C@H](C)C(=O)O)CC[C@@]2(C)CCC1=O.CC1=C2C[C@H]([C@H](C)C(=O)O)CC[C@@]2(C)CCC1=O. The largest absolute Gasteiger partial charge is 0.481 e. The monoisotopic (exact) mass is 500 g/mol. The highest BCUT2D eigenvalue weighted by atomic mass is 16.4. The molecule has 0 aromatic heterocycles. The summed E-state index contributed by atoms with van der Waals surface area (Å²) in [5.74, 6) is -1.18. The maximum Gasteiger partial charge on any atom is 0.306 e. The van der Waals surface area contributed by atoms with Crippen molar-refractivity contribution in [3.8, 4) is 0 Å². The Hall–Kier alpha value is -2.24. The minimum absolute atomic E-state index is 0.146. The van der Waals surface area contributed by atoms with E-state index < -0.39 is 11.9 Å². The number of carboxylic acid groups (broad SMARTS) is 2. The Balaban J connectivity index is 0.000000201. The van der Waals surface area contributed by atoms with E-state index in [0.29, 0.717) is 12.8 Å². The van der Waals surface area contributed by atoms with Crippen molar-refractivity contribution < 1.29 is 29.4 Å². The predicted octanol–water partition coefficient (Wildman–Crippen LogP) is 6.39. The molecule has 6 heteroatoms. The molecule has 0 aromatic carbocycles. The van der Waals surface area contributed by atoms with E-state index in [1.807, 2.05) is 13.8 Å². The van der Waals surface area contributed by atoms with Crippen molar-refractivity contribution >= 4 is 23.5 Å². The van der Waals surface area contributed by atoms with E-state index in [1.165, 1.54) is 11.1 Å². The third-order valence-corrected chi connectivity index (χ3v) is 10.3. The summed E-state index contributed by atoms with van der Waals surface area (Å²) in [6, 6.07) is 0. The van der Waals surface area contributed by atoms with Crippen molar-refractivity contribution in [3.05, 3.63) is 22.3 Å². The van der Waals surface area contributed by atoms with E-state index in [1.54, 1.807) is 13.8 Å². The highest BCUT2D eigenvalue weighted by Crippen LogP contribution is 2.52. The predicted molar refractivity (Wildman–Crippen MR) is 138 cm³/mol. The molecule has 6 nitrogen and oxygen atoms in total. The first-order chi connectivity index (χ1) is 16.7. The molecular formula is C30H44O6. The third-order valence-electron chi connectivity index (χ3n) is 10.3. The minimum Gasteiger partial charge on any atom is -0.481 e. The van der Waals surface area contributed by atoms with E-state index in [9.17, 15) is 19.2 Å². The molecule has 0 aliphatic heterocycles. The number of fused-ring (bicyclic) bond motifs is 2. The number of carbonyl (C=O) groups excluding carboxylic acids is 2. The first-order valence-electron chi connectivity index (χ1n) is 13.6. The van der Waals surface area contributed by atoms with Gasteiger partial charge < -0.3 is 10.2 Å². The zero-order valence-corrected chi connectivity index (χ0v) is 22.9. The Morgan fingerprint density at radius 2 is 1.06 bits per heavy atom. The molecule has 36 heavy (non-hydrogen) atoms. The number of allylic oxidation sites excluding steroid dienone is 4. The van der Waals surface area contributed by atoms with Gasteiger partial charge in [-0.3, -0.25) is 19.2 Å². The lowest BCUT2D eigenvalue weighted by Crippen LogP contribution is -2.36. The fraction of sp³-hybridized carbons (Fsp3) is 0.733. The minimum atomic E-state index is -0.719. The van der Waals surface area contributed by atoms with Gasteiger partial charge in [-0.2, -0.15) is 0 Å². The van der Waals surface area contributed by atoms with E-state index in [-0.39, 0.29) is 46.1 Å². The Labute approximate surface area is 215 Å². The van der Waals surface area contributed by atoms with Gasteiger partial charge in [0.15, 0.2) is 11.6 Å². The van der Waals surface area contributed by atoms with Gasteiger partial charge >= 0.3 is 11.9 Å². The van der Waals surface area contributed by atoms with Gasteiger partial charge in [0.1, 0.15) is 0 Å². The summed E-state index contributed by atoms with van der Waals surface area (Å²) in [4.78, 5) is 45.9. The van der Waals surface area contributed by atoms with Crippen LogP contribution in [0.15, 0.2) is 22.3 Å². The lowest BCUT2D eigenvalue weighted by molar-refractivity contribution is -0.144. The number of ketones is 2. The molecule has 0 amide bonds. The number of carboxylic acids is 2. The summed E-state index contributed by atoms with van der Waals surface area (Å²) in [5.41, 5.74) is 4.59. The van der Waals surface area contributed by atoms with Crippen LogP contribution in [0.4, 0.5) is 0 Å². The summed E-state index contributed by atoms with van der Waals surface area (Å²) < 4.78 is 0. The van der Waals surface area contributed by atoms with Crippen molar-refractivity contribution in [2.45, 2.75) is 106 Å². The van der Waals surface area contributed by atoms with Gasteiger partial charge in [0.25, 0.3) is 0 Å². The molecule has 0 saturated heterocycles. The lowest BCUT2D eigenvalue weighted by Gasteiger charge is -2.44. The third kappa shape index (κ3) is 5.52. The van der Waals surface area contributed by atoms with E-state index in [4.69, 9.17) is 10.2 Å². The van der Waals surface area contributed by atoms with Crippen LogP contribution in [-0.2, 0) is 19.2 Å². The van der Waals surface area contributed by atoms with Crippen LogP contribution >= 0.6 is 0 Å². The van der Waals surface area contributed by atoms with Crippen LogP contribution in [0.3, 0.4) is 0 Å². The van der Waals surface area contributed by atoms with Crippen LogP contribution in [0, 0.1) is 34.5 Å². The summed E-state index contributed by atoms with van der Waals surface area (Å²) in [6.45, 7) is 11.9. The zero-order valence-electron chi connectivity index (χ0n) is 22.9. The fourth-order valence-electron chi connectivity index (χ4n) is 7.04. The normalized spacial score (nSPS) is 34.2. The van der Waals surface area contributed by atoms with Crippen molar-refractivity contribution in [1.29, 1.82) is 0 Å². The molecule has 200 valence electrons. The van der Waals surface area contributed by atoms with E-state index in [0.717, 1.165) is 62.5 Å². The van der Waals surface area contributed by atoms with Crippen LogP contribution in [0.5, 0.6) is 0 Å². The van der Waals surface area contributed by atoms with Crippen LogP contribution < -0.4 is 0 Å². The Bertz CT molecular complexity index is 923. The molecule has 6 atom stereocenters. The highest BCUT2D eigenvalue weighted by molar-refractivity contribution is 5.97. The van der Waals surface area contributed by atoms with Gasteiger partial charge in [0, 0.05) is 12.8 Å². The molecule has 4 aliphatic carbocycles. The average Bonchev–Trinajstić information content (AvgIpc) is 2.83. The van der Waals surface area contributed by atoms with Crippen LogP contribution in [-0.4, -0.2) is 33.7 Å². The second-order valence-electron chi connectivity index (χ2n) is 12.4. The summed E-state index contributed by atoms with van der Waals surface area (Å²) in [6.07, 6.45) is 8.76. The molecule has 2 N–H and O–H groups in total. The quantitative estimate of drug-likeness (QED) is 0.463. The topological polar surface area (TPSA) is 109 Å². The number of hydrogen-bond acceptors (Lipinski definition) is 4. The molecule has 0 radical (unpaired) electrons. The number of Topliss-reactive ketones (excluding diaryl/α,β-unsaturated/α-hetero) is 2. The summed E-state index contributed by atoms with van der Waals surface area (Å²) in [5, 5.41) is 18.3. The van der Waals surface area contributed by atoms with Crippen molar-refractivity contribution in [1.82, 2.24) is 0 Å². The lowest BCUT2D eigenvalue weighted by atomic mass is 9.60. The number of carbonyl (C=O) groups is 4. The summed E-state index contributed by atoms with van der Waals surface area (Å²) >= 11 is 0. The maximum atomic E-state index is 11.8. The van der Waals surface area contributed by atoms with Gasteiger partial charge in [-0.05, 0) is 99.0 Å². The molecule has 4 aliphatic rings. The molecule has 0 aromatic rings. The second-order valence-corrected chi connectivity index (χ2v) is 12.4. The smallest absolute Gasteiger partial charge is 0.306 e. The first-order valence-corrected chi connectivity index (χ1v) is 13.6. The molecule has 0 unspecified atom stereocenters. The molecule has 0 heterocycles. The van der Waals surface area contributed by atoms with Crippen LogP contribution in [0.25, 0.3) is 0 Å². The number of aliphatic carboxylic acids is 2. The molecule has 4 rings (SSSR count). The van der Waals surface area contributed by atoms with Crippen LogP contribution in [0.1, 0.15) is 106 Å². The fourth-order valence-corrected chi connectivity index (χ4v) is 7.04. The second kappa shape index (κ2) is 10.6. The maximum absolute atomic E-state index is 11.8. The summed E-state index contributed by atoms with van der Waals surface area (Å²) in [7, 11) is 0. The van der Waals surface area contributed by atoms with E-state index in [2.05, 4.69) is 13.8 Å². The van der Waals surface area contributed by atoms with Crippen LogP contribution in [0.2, 0.25) is 0 Å². The molecule has 0 spiro atoms. The van der Waals surface area contributed by atoms with Gasteiger partial charge in [-0.1, -0.05) is 38.8 Å². The van der Waals surface area contributed by atoms with E-state index >= 15 is 0 Å². The number of rotatable bonds is 4. The van der Waals surface area contributed by atoms with Crippen molar-refractivity contribution in [2.75, 3.05) is 0 Å². The van der Waals surface area contributed by atoms with Crippen molar-refractivity contribution in [2.24, 2.45) is 34.5 Å². The van der Waals surface area contributed by atoms with Crippen molar-refractivity contribution in [3.63, 3.8) is 0 Å². The molecule has 2 saturated carbocycles. The first kappa shape index (κ1) is 28.3. The zero-order chi connectivity index (χ0) is 27.0. The Kier molecular flexibility index (Phi) is 8.36. The standard InChI is InChI=1S/2C15H22O3/c2*1-9(14(17)18)11-4-6-15(3)7-5-13(16)10(2)12(15)8-11/h2*9,11H,4-8H2,1-3H3,(H,17,18)/t2*9-,11+,15-/m00/s1. The molecule has 2 fully saturated rings. The van der Waals surface area contributed by atoms with Gasteiger partial charge in [0.2, 0.25) is 0 Å². The molecular weight excluding hydrogens is 456 g/mol. The van der Waals surface area contributed by atoms with Gasteiger partial charge in [-0.15, -0.1) is 0 Å². The Morgan fingerprint density at radius 3 is 1.36 bits per heavy atom. The average molecular weight is 501 g/mol. The Morgan fingerprint density at radius 1 is 0.722 bits per heavy atom. The van der Waals surface area contributed by atoms with Gasteiger partial charge in [-0.25, -0.2) is 0 Å². The van der Waals surface area contributed by atoms with Gasteiger partial charge in [0.05, 0.1) is 11.8 Å².